The molecule has 0 saturated heterocycles. The first-order valence-electron chi connectivity index (χ1n) is 5.23. The molecular formula is C10H7N5O2S2. The molecule has 0 aliphatic heterocycles. The fraction of sp³-hybridized carbons (Fsp3) is 0.100. The fourth-order valence-corrected chi connectivity index (χ4v) is 3.46. The molecular weight excluding hydrogens is 286 g/mol. The minimum atomic E-state index is -0.412. The predicted octanol–water partition coefficient (Wildman–Crippen LogP) is 2.78. The number of hydrogen-bond acceptors (Lipinski definition) is 7. The largest absolute Gasteiger partial charge is 0.270 e. The maximum atomic E-state index is 10.7. The topological polar surface area (TPSA) is 97.6 Å². The molecule has 19 heavy (non-hydrogen) atoms. The van der Waals surface area contributed by atoms with Crippen molar-refractivity contribution in [3.05, 3.63) is 34.1 Å². The van der Waals surface area contributed by atoms with E-state index >= 15 is 0 Å². The first-order chi connectivity index (χ1) is 9.11. The first kappa shape index (κ1) is 12.1. The minimum Gasteiger partial charge on any atom is -0.262 e. The van der Waals surface area contributed by atoms with Crippen LogP contribution in [0.1, 0.15) is 5.82 Å². The van der Waals surface area contributed by atoms with Crippen molar-refractivity contribution in [3.63, 3.8) is 0 Å². The molecule has 0 spiro atoms. The quantitative estimate of drug-likeness (QED) is 0.589. The Balaban J connectivity index is 1.95. The molecule has 0 amide bonds. The van der Waals surface area contributed by atoms with Crippen molar-refractivity contribution in [1.82, 2.24) is 20.2 Å². The maximum absolute atomic E-state index is 10.7. The molecule has 96 valence electrons. The number of thiazole rings is 1. The summed E-state index contributed by atoms with van der Waals surface area (Å²) in [6.45, 7) is 1.82. The highest BCUT2D eigenvalue weighted by atomic mass is 32.2. The number of nitrogens with one attached hydrogen (secondary N) is 1. The Hall–Kier alpha value is -2.00. The van der Waals surface area contributed by atoms with E-state index in [1.807, 2.05) is 6.92 Å². The number of non-ortho nitro benzene ring substituents is 1. The van der Waals surface area contributed by atoms with Gasteiger partial charge in [0.2, 0.25) is 5.16 Å². The van der Waals surface area contributed by atoms with Gasteiger partial charge >= 0.3 is 0 Å². The van der Waals surface area contributed by atoms with Gasteiger partial charge in [0, 0.05) is 12.1 Å². The van der Waals surface area contributed by atoms with Gasteiger partial charge in [-0.25, -0.2) is 9.97 Å². The van der Waals surface area contributed by atoms with Gasteiger partial charge in [0.25, 0.3) is 5.69 Å². The number of rotatable bonds is 3. The van der Waals surface area contributed by atoms with E-state index in [0.717, 1.165) is 20.4 Å². The number of nitro groups is 1. The Morgan fingerprint density at radius 1 is 1.42 bits per heavy atom. The summed E-state index contributed by atoms with van der Waals surface area (Å²) in [6.07, 6.45) is 0. The van der Waals surface area contributed by atoms with Gasteiger partial charge in [0.05, 0.1) is 15.1 Å². The molecule has 1 N–H and O–H groups in total. The summed E-state index contributed by atoms with van der Waals surface area (Å²) in [4.78, 5) is 18.9. The van der Waals surface area contributed by atoms with E-state index in [-0.39, 0.29) is 5.69 Å². The molecule has 3 aromatic rings. The van der Waals surface area contributed by atoms with Crippen molar-refractivity contribution < 1.29 is 4.92 Å². The average molecular weight is 293 g/mol. The highest BCUT2D eigenvalue weighted by Gasteiger charge is 2.12. The molecule has 2 heterocycles. The number of benzene rings is 1. The molecule has 0 unspecified atom stereocenters. The molecule has 0 bridgehead atoms. The summed E-state index contributed by atoms with van der Waals surface area (Å²) in [7, 11) is 0. The van der Waals surface area contributed by atoms with Crippen LogP contribution in [0.5, 0.6) is 0 Å². The Bertz CT molecular complexity index is 766. The predicted molar refractivity (Wildman–Crippen MR) is 71.5 cm³/mol. The van der Waals surface area contributed by atoms with Gasteiger partial charge in [-0.15, -0.1) is 16.4 Å². The van der Waals surface area contributed by atoms with Crippen molar-refractivity contribution in [2.75, 3.05) is 0 Å². The lowest BCUT2D eigenvalue weighted by molar-refractivity contribution is -0.384. The van der Waals surface area contributed by atoms with Crippen LogP contribution < -0.4 is 0 Å². The Morgan fingerprint density at radius 2 is 2.26 bits per heavy atom. The summed E-state index contributed by atoms with van der Waals surface area (Å²) >= 11 is 2.72. The first-order valence-corrected chi connectivity index (χ1v) is 6.87. The van der Waals surface area contributed by atoms with Crippen molar-refractivity contribution in [3.8, 4) is 0 Å². The summed E-state index contributed by atoms with van der Waals surface area (Å²) in [5.41, 5.74) is 0.812. The smallest absolute Gasteiger partial charge is 0.262 e. The van der Waals surface area contributed by atoms with Crippen molar-refractivity contribution in [2.24, 2.45) is 0 Å². The number of aryl methyl sites for hydroxylation is 1. The molecule has 0 radical (unpaired) electrons. The molecule has 3 rings (SSSR count). The van der Waals surface area contributed by atoms with Gasteiger partial charge in [0.15, 0.2) is 4.34 Å². The normalized spacial score (nSPS) is 11.0. The van der Waals surface area contributed by atoms with E-state index in [4.69, 9.17) is 0 Å². The van der Waals surface area contributed by atoms with Crippen LogP contribution in [0.2, 0.25) is 0 Å². The van der Waals surface area contributed by atoms with Crippen LogP contribution in [0.4, 0.5) is 5.69 Å². The van der Waals surface area contributed by atoms with E-state index in [0.29, 0.717) is 5.16 Å². The van der Waals surface area contributed by atoms with Gasteiger partial charge in [-0.1, -0.05) is 0 Å². The Morgan fingerprint density at radius 3 is 2.95 bits per heavy atom. The third-order valence-electron chi connectivity index (χ3n) is 2.32. The van der Waals surface area contributed by atoms with Gasteiger partial charge in [-0.3, -0.25) is 15.2 Å². The fourth-order valence-electron chi connectivity index (χ4n) is 1.50. The van der Waals surface area contributed by atoms with Crippen LogP contribution in [0.15, 0.2) is 27.7 Å². The van der Waals surface area contributed by atoms with Gasteiger partial charge in [-0.2, -0.15) is 0 Å². The molecule has 0 aliphatic carbocycles. The SMILES string of the molecule is Cc1nc(Sc2nc3ccc([N+](=O)[O-])cc3s2)n[nH]1. The van der Waals surface area contributed by atoms with E-state index in [9.17, 15) is 10.1 Å². The maximum Gasteiger partial charge on any atom is 0.270 e. The Kier molecular flexibility index (Phi) is 2.91. The monoisotopic (exact) mass is 293 g/mol. The van der Waals surface area contributed by atoms with Crippen LogP contribution in [0, 0.1) is 17.0 Å². The molecule has 9 heteroatoms. The second-order valence-corrected chi connectivity index (χ2v) is 5.94. The van der Waals surface area contributed by atoms with Crippen LogP contribution in [-0.4, -0.2) is 25.1 Å². The van der Waals surface area contributed by atoms with Crippen molar-refractivity contribution in [2.45, 2.75) is 16.4 Å². The highest BCUT2D eigenvalue weighted by molar-refractivity contribution is 8.01. The summed E-state index contributed by atoms with van der Waals surface area (Å²) in [5, 5.41) is 18.1. The molecule has 0 aliphatic rings. The van der Waals surface area contributed by atoms with Crippen molar-refractivity contribution >= 4 is 39.0 Å². The zero-order chi connectivity index (χ0) is 13.4. The zero-order valence-corrected chi connectivity index (χ0v) is 11.3. The summed E-state index contributed by atoms with van der Waals surface area (Å²) < 4.78 is 1.54. The molecule has 0 fully saturated rings. The number of nitrogens with zero attached hydrogens (tertiary/aromatic N) is 4. The average Bonchev–Trinajstić information content (AvgIpc) is 2.94. The van der Waals surface area contributed by atoms with E-state index < -0.39 is 4.92 Å². The molecule has 1 aromatic carbocycles. The number of fused-ring (bicyclic) bond motifs is 1. The number of aromatic amines is 1. The molecule has 7 nitrogen and oxygen atoms in total. The molecule has 0 saturated carbocycles. The standard InChI is InChI=1S/C10H7N5O2S2/c1-5-11-9(14-13-5)19-10-12-7-3-2-6(15(16)17)4-8(7)18-10/h2-4H,1H3,(H,11,13,14). The van der Waals surface area contributed by atoms with E-state index in [1.54, 1.807) is 6.07 Å². The highest BCUT2D eigenvalue weighted by Crippen LogP contribution is 2.34. The van der Waals surface area contributed by atoms with Crippen LogP contribution in [-0.2, 0) is 0 Å². The lowest BCUT2D eigenvalue weighted by atomic mass is 10.3. The van der Waals surface area contributed by atoms with Crippen LogP contribution in [0.3, 0.4) is 0 Å². The second kappa shape index (κ2) is 4.59. The van der Waals surface area contributed by atoms with Crippen LogP contribution in [0.25, 0.3) is 10.2 Å². The number of aromatic nitrogens is 4. The lowest BCUT2D eigenvalue weighted by Crippen LogP contribution is -1.85. The third kappa shape index (κ3) is 2.42. The lowest BCUT2D eigenvalue weighted by Gasteiger charge is -1.88. The van der Waals surface area contributed by atoms with Crippen LogP contribution >= 0.6 is 23.1 Å². The number of nitro benzene ring substituents is 1. The third-order valence-corrected chi connectivity index (χ3v) is 4.26. The summed E-state index contributed by atoms with van der Waals surface area (Å²) in [6, 6.07) is 4.63. The zero-order valence-electron chi connectivity index (χ0n) is 9.65. The van der Waals surface area contributed by atoms with Crippen molar-refractivity contribution in [1.29, 1.82) is 0 Å². The molecule has 0 atom stereocenters. The Labute approximate surface area is 115 Å². The van der Waals surface area contributed by atoms with Gasteiger partial charge in [-0.05, 0) is 24.8 Å². The minimum absolute atomic E-state index is 0.0708. The van der Waals surface area contributed by atoms with Gasteiger partial charge < -0.3 is 0 Å². The number of H-pyrrole nitrogens is 1. The van der Waals surface area contributed by atoms with Gasteiger partial charge in [0.1, 0.15) is 5.82 Å². The van der Waals surface area contributed by atoms with E-state index in [1.165, 1.54) is 35.2 Å². The van der Waals surface area contributed by atoms with E-state index in [2.05, 4.69) is 20.2 Å². The second-order valence-electron chi connectivity index (χ2n) is 3.69. The molecule has 2 aromatic heterocycles. The number of hydrogen-bond donors (Lipinski definition) is 1. The summed E-state index contributed by atoms with van der Waals surface area (Å²) in [5.74, 6) is 0.735.